The Morgan fingerprint density at radius 1 is 1.29 bits per heavy atom. The Morgan fingerprint density at radius 3 is 2.62 bits per heavy atom. The number of anilines is 1. The molecule has 1 N–H and O–H groups in total. The third-order valence-electron chi connectivity index (χ3n) is 3.86. The highest BCUT2D eigenvalue weighted by Gasteiger charge is 2.44. The summed E-state index contributed by atoms with van der Waals surface area (Å²) in [5.74, 6) is 1.68. The van der Waals surface area contributed by atoms with Crippen molar-refractivity contribution in [1.29, 1.82) is 0 Å². The van der Waals surface area contributed by atoms with E-state index in [4.69, 9.17) is 4.52 Å². The molecule has 1 aliphatic carbocycles. The van der Waals surface area contributed by atoms with Gasteiger partial charge in [-0.15, -0.1) is 0 Å². The molecule has 1 heterocycles. The van der Waals surface area contributed by atoms with Gasteiger partial charge in [-0.3, -0.25) is 4.79 Å². The fourth-order valence-corrected chi connectivity index (χ4v) is 2.46. The summed E-state index contributed by atoms with van der Waals surface area (Å²) in [6.45, 7) is 6.14. The summed E-state index contributed by atoms with van der Waals surface area (Å²) in [6, 6.07) is 12.0. The molecule has 4 nitrogen and oxygen atoms in total. The van der Waals surface area contributed by atoms with E-state index in [0.29, 0.717) is 11.7 Å². The number of carbonyl (C=O) groups excluding carboxylic acids is 1. The molecule has 1 amide bonds. The van der Waals surface area contributed by atoms with Crippen molar-refractivity contribution < 1.29 is 9.32 Å². The maximum Gasteiger partial charge on any atom is 0.229 e. The Bertz CT molecular complexity index is 640. The Kier molecular flexibility index (Phi) is 3.32. The summed E-state index contributed by atoms with van der Waals surface area (Å²) >= 11 is 0. The van der Waals surface area contributed by atoms with Crippen LogP contribution in [0.3, 0.4) is 0 Å². The third kappa shape index (κ3) is 2.99. The average Bonchev–Trinajstić information content (AvgIpc) is 3.11. The highest BCUT2D eigenvalue weighted by atomic mass is 16.5. The fraction of sp³-hybridized carbons (Fsp3) is 0.412. The van der Waals surface area contributed by atoms with Gasteiger partial charge >= 0.3 is 0 Å². The van der Waals surface area contributed by atoms with Crippen LogP contribution in [0.15, 0.2) is 40.9 Å². The van der Waals surface area contributed by atoms with E-state index in [0.717, 1.165) is 12.2 Å². The molecule has 1 aromatic heterocycles. The van der Waals surface area contributed by atoms with Crippen LogP contribution in [0.25, 0.3) is 0 Å². The first-order chi connectivity index (χ1) is 9.95. The third-order valence-corrected chi connectivity index (χ3v) is 3.86. The van der Waals surface area contributed by atoms with Crippen LogP contribution < -0.4 is 5.32 Å². The molecule has 3 rings (SSSR count). The van der Waals surface area contributed by atoms with Crippen molar-refractivity contribution in [2.24, 2.45) is 5.92 Å². The summed E-state index contributed by atoms with van der Waals surface area (Å²) in [7, 11) is 0. The normalized spacial score (nSPS) is 21.1. The lowest BCUT2D eigenvalue weighted by Crippen LogP contribution is -2.15. The first-order valence-electron chi connectivity index (χ1n) is 7.28. The second-order valence-electron chi connectivity index (χ2n) is 6.68. The van der Waals surface area contributed by atoms with Gasteiger partial charge in [-0.2, -0.15) is 0 Å². The van der Waals surface area contributed by atoms with Crippen LogP contribution in [0.5, 0.6) is 0 Å². The zero-order valence-electron chi connectivity index (χ0n) is 12.6. The van der Waals surface area contributed by atoms with E-state index in [1.165, 1.54) is 5.56 Å². The van der Waals surface area contributed by atoms with Gasteiger partial charge in [0.25, 0.3) is 0 Å². The maximum atomic E-state index is 12.2. The molecule has 21 heavy (non-hydrogen) atoms. The number of hydrogen-bond acceptors (Lipinski definition) is 3. The molecule has 110 valence electrons. The molecule has 0 aliphatic heterocycles. The molecule has 2 unspecified atom stereocenters. The lowest BCUT2D eigenvalue weighted by molar-refractivity contribution is -0.117. The van der Waals surface area contributed by atoms with E-state index in [1.54, 1.807) is 6.07 Å². The Hall–Kier alpha value is -2.10. The van der Waals surface area contributed by atoms with Crippen molar-refractivity contribution in [2.45, 2.75) is 38.5 Å². The monoisotopic (exact) mass is 284 g/mol. The zero-order chi connectivity index (χ0) is 15.0. The average molecular weight is 284 g/mol. The first-order valence-corrected chi connectivity index (χ1v) is 7.28. The van der Waals surface area contributed by atoms with E-state index in [2.05, 4.69) is 22.6 Å². The number of carbonyl (C=O) groups is 1. The molecule has 1 aliphatic rings. The molecule has 1 aromatic carbocycles. The molecule has 1 saturated carbocycles. The zero-order valence-corrected chi connectivity index (χ0v) is 12.6. The van der Waals surface area contributed by atoms with Gasteiger partial charge in [-0.05, 0) is 17.9 Å². The largest absolute Gasteiger partial charge is 0.359 e. The van der Waals surface area contributed by atoms with E-state index in [9.17, 15) is 4.79 Å². The summed E-state index contributed by atoms with van der Waals surface area (Å²) in [5.41, 5.74) is 1.12. The predicted octanol–water partition coefficient (Wildman–Crippen LogP) is 3.71. The van der Waals surface area contributed by atoms with Gasteiger partial charge in [0.15, 0.2) is 5.82 Å². The Balaban J connectivity index is 1.62. The topological polar surface area (TPSA) is 55.1 Å². The number of aromatic nitrogens is 1. The molecule has 0 spiro atoms. The quantitative estimate of drug-likeness (QED) is 0.934. The van der Waals surface area contributed by atoms with Crippen molar-refractivity contribution in [3.05, 3.63) is 47.7 Å². The molecule has 2 atom stereocenters. The van der Waals surface area contributed by atoms with E-state index in [-0.39, 0.29) is 17.2 Å². The van der Waals surface area contributed by atoms with Crippen LogP contribution >= 0.6 is 0 Å². The van der Waals surface area contributed by atoms with Crippen LogP contribution in [-0.2, 0) is 10.2 Å². The van der Waals surface area contributed by atoms with Crippen molar-refractivity contribution in [1.82, 2.24) is 5.16 Å². The lowest BCUT2D eigenvalue weighted by atomic mass is 9.93. The summed E-state index contributed by atoms with van der Waals surface area (Å²) in [4.78, 5) is 12.2. The minimum Gasteiger partial charge on any atom is -0.359 e. The highest BCUT2D eigenvalue weighted by Crippen LogP contribution is 2.47. The summed E-state index contributed by atoms with van der Waals surface area (Å²) in [5, 5.41) is 6.78. The van der Waals surface area contributed by atoms with Gasteiger partial charge in [0, 0.05) is 17.4 Å². The predicted molar refractivity (Wildman–Crippen MR) is 81.1 cm³/mol. The van der Waals surface area contributed by atoms with Gasteiger partial charge in [-0.1, -0.05) is 56.3 Å². The molecule has 0 bridgehead atoms. The fourth-order valence-electron chi connectivity index (χ4n) is 2.46. The molecule has 2 aromatic rings. The molecular weight excluding hydrogens is 264 g/mol. The Labute approximate surface area is 124 Å². The molecule has 1 fully saturated rings. The minimum atomic E-state index is -0.109. The SMILES string of the molecule is CC(C)(C)c1cc(NC(=O)C2CC2c2ccccc2)no1. The molecular formula is C17H20N2O2. The van der Waals surface area contributed by atoms with Crippen LogP contribution in [0.1, 0.15) is 44.4 Å². The molecule has 0 saturated heterocycles. The second kappa shape index (κ2) is 5.02. The van der Waals surface area contributed by atoms with Crippen LogP contribution in [0, 0.1) is 5.92 Å². The number of rotatable bonds is 3. The summed E-state index contributed by atoms with van der Waals surface area (Å²) < 4.78 is 5.28. The summed E-state index contributed by atoms with van der Waals surface area (Å²) in [6.07, 6.45) is 0.903. The van der Waals surface area contributed by atoms with Crippen molar-refractivity contribution >= 4 is 11.7 Å². The smallest absolute Gasteiger partial charge is 0.229 e. The number of amides is 1. The van der Waals surface area contributed by atoms with Crippen molar-refractivity contribution in [3.8, 4) is 0 Å². The second-order valence-corrected chi connectivity index (χ2v) is 6.68. The van der Waals surface area contributed by atoms with E-state index < -0.39 is 0 Å². The minimum absolute atomic E-state index is 0.0256. The molecule has 0 radical (unpaired) electrons. The van der Waals surface area contributed by atoms with E-state index >= 15 is 0 Å². The number of hydrogen-bond donors (Lipinski definition) is 1. The van der Waals surface area contributed by atoms with E-state index in [1.807, 2.05) is 39.0 Å². The standard InChI is InChI=1S/C17H20N2O2/c1-17(2,3)14-10-15(19-21-14)18-16(20)13-9-12(13)11-7-5-4-6-8-11/h4-8,10,12-13H,9H2,1-3H3,(H,18,19,20). The van der Waals surface area contributed by atoms with Crippen LogP contribution in [0.2, 0.25) is 0 Å². The number of nitrogens with zero attached hydrogens (tertiary/aromatic N) is 1. The van der Waals surface area contributed by atoms with Crippen LogP contribution in [-0.4, -0.2) is 11.1 Å². The number of benzene rings is 1. The van der Waals surface area contributed by atoms with Crippen molar-refractivity contribution in [3.63, 3.8) is 0 Å². The first kappa shape index (κ1) is 13.9. The van der Waals surface area contributed by atoms with Gasteiger partial charge in [0.2, 0.25) is 5.91 Å². The number of nitrogens with one attached hydrogen (secondary N) is 1. The lowest BCUT2D eigenvalue weighted by Gasteiger charge is -2.12. The van der Waals surface area contributed by atoms with Gasteiger partial charge in [0.05, 0.1) is 0 Å². The van der Waals surface area contributed by atoms with Crippen LogP contribution in [0.4, 0.5) is 5.82 Å². The van der Waals surface area contributed by atoms with Gasteiger partial charge < -0.3 is 9.84 Å². The van der Waals surface area contributed by atoms with Gasteiger partial charge in [0.1, 0.15) is 5.76 Å². The van der Waals surface area contributed by atoms with Crippen molar-refractivity contribution in [2.75, 3.05) is 5.32 Å². The Morgan fingerprint density at radius 2 is 2.00 bits per heavy atom. The van der Waals surface area contributed by atoms with Gasteiger partial charge in [-0.25, -0.2) is 0 Å². The molecule has 4 heteroatoms. The highest BCUT2D eigenvalue weighted by molar-refractivity contribution is 5.94. The maximum absolute atomic E-state index is 12.2.